The van der Waals surface area contributed by atoms with E-state index >= 15 is 0 Å². The van der Waals surface area contributed by atoms with Gasteiger partial charge in [0.05, 0.1) is 29.0 Å². The van der Waals surface area contributed by atoms with Crippen LogP contribution in [0.2, 0.25) is 0 Å². The first-order valence-corrected chi connectivity index (χ1v) is 13.7. The van der Waals surface area contributed by atoms with Crippen molar-refractivity contribution in [3.63, 3.8) is 0 Å². The molecule has 0 aliphatic carbocycles. The SMILES string of the molecule is CC(=O)Nc1ccc([C@H]2O[C@@H](CSc3nc4ccccc4s3)[C@@H](C)[C@@H](c3ccc(CO)cc3)O2)cc1. The highest BCUT2D eigenvalue weighted by Crippen LogP contribution is 2.43. The molecule has 0 unspecified atom stereocenters. The van der Waals surface area contributed by atoms with Gasteiger partial charge in [-0.05, 0) is 35.4 Å². The van der Waals surface area contributed by atoms with Gasteiger partial charge in [0, 0.05) is 29.8 Å². The highest BCUT2D eigenvalue weighted by Gasteiger charge is 2.38. The van der Waals surface area contributed by atoms with Gasteiger partial charge in [0.1, 0.15) is 0 Å². The molecule has 1 aliphatic rings. The number of aliphatic hydroxyl groups excluding tert-OH is 1. The van der Waals surface area contributed by atoms with Crippen molar-refractivity contribution in [3.8, 4) is 0 Å². The largest absolute Gasteiger partial charge is 0.392 e. The number of hydrogen-bond donors (Lipinski definition) is 2. The maximum atomic E-state index is 11.4. The Morgan fingerprint density at radius 3 is 2.44 bits per heavy atom. The number of thioether (sulfide) groups is 1. The molecule has 5 rings (SSSR count). The Balaban J connectivity index is 1.38. The number of nitrogens with one attached hydrogen (secondary N) is 1. The standard InChI is InChI=1S/C28H28N2O4S2/c1-17-24(16-35-28-30-23-5-3-4-6-25(23)36-28)33-27(21-11-13-22(14-12-21)29-18(2)32)34-26(17)20-9-7-19(15-31)8-10-20/h3-14,17,24,26-27,31H,15-16H2,1-2H3,(H,29,32)/t17-,24+,26+,27+/m1/s1. The smallest absolute Gasteiger partial charge is 0.221 e. The van der Waals surface area contributed by atoms with E-state index in [0.717, 1.165) is 38.0 Å². The van der Waals surface area contributed by atoms with Gasteiger partial charge >= 0.3 is 0 Å². The lowest BCUT2D eigenvalue weighted by Gasteiger charge is -2.41. The summed E-state index contributed by atoms with van der Waals surface area (Å²) < 4.78 is 15.2. The van der Waals surface area contributed by atoms with Crippen LogP contribution >= 0.6 is 23.1 Å². The molecule has 1 aromatic heterocycles. The maximum absolute atomic E-state index is 11.4. The van der Waals surface area contributed by atoms with Crippen LogP contribution in [0.4, 0.5) is 5.69 Å². The number of rotatable bonds is 7. The summed E-state index contributed by atoms with van der Waals surface area (Å²) in [7, 11) is 0. The molecule has 0 saturated carbocycles. The van der Waals surface area contributed by atoms with Crippen molar-refractivity contribution >= 4 is 44.9 Å². The molecule has 0 radical (unpaired) electrons. The number of ether oxygens (including phenoxy) is 2. The Bertz CT molecular complexity index is 1290. The Morgan fingerprint density at radius 1 is 1.03 bits per heavy atom. The van der Waals surface area contributed by atoms with Crippen LogP contribution in [0, 0.1) is 5.92 Å². The third-order valence-corrected chi connectivity index (χ3v) is 8.54. The van der Waals surface area contributed by atoms with E-state index in [-0.39, 0.29) is 30.6 Å². The van der Waals surface area contributed by atoms with E-state index in [2.05, 4.69) is 18.3 Å². The molecule has 1 fully saturated rings. The van der Waals surface area contributed by atoms with Crippen LogP contribution in [0.1, 0.15) is 42.9 Å². The van der Waals surface area contributed by atoms with Crippen LogP contribution in [0.15, 0.2) is 77.1 Å². The number of carbonyl (C=O) groups excluding carboxylic acids is 1. The number of aromatic nitrogens is 1. The van der Waals surface area contributed by atoms with Crippen molar-refractivity contribution < 1.29 is 19.4 Å². The van der Waals surface area contributed by atoms with E-state index in [9.17, 15) is 9.90 Å². The first-order chi connectivity index (χ1) is 17.5. The van der Waals surface area contributed by atoms with Crippen LogP contribution in [0.3, 0.4) is 0 Å². The summed E-state index contributed by atoms with van der Waals surface area (Å²) in [4.78, 5) is 16.2. The van der Waals surface area contributed by atoms with E-state index in [1.54, 1.807) is 23.1 Å². The molecule has 0 bridgehead atoms. The first kappa shape index (κ1) is 24.9. The van der Waals surface area contributed by atoms with Gasteiger partial charge in [-0.25, -0.2) is 4.98 Å². The molecular formula is C28H28N2O4S2. The highest BCUT2D eigenvalue weighted by molar-refractivity contribution is 8.01. The molecule has 1 amide bonds. The number of benzene rings is 3. The Kier molecular flexibility index (Phi) is 7.69. The van der Waals surface area contributed by atoms with Crippen molar-refractivity contribution in [2.24, 2.45) is 5.92 Å². The molecule has 36 heavy (non-hydrogen) atoms. The van der Waals surface area contributed by atoms with Crippen LogP contribution in [-0.4, -0.2) is 27.9 Å². The third-order valence-electron chi connectivity index (χ3n) is 6.27. The van der Waals surface area contributed by atoms with E-state index in [1.165, 1.54) is 11.6 Å². The number of carbonyl (C=O) groups is 1. The number of fused-ring (bicyclic) bond motifs is 1. The average molecular weight is 521 g/mol. The second kappa shape index (κ2) is 11.1. The van der Waals surface area contributed by atoms with E-state index in [0.29, 0.717) is 0 Å². The van der Waals surface area contributed by atoms with Crippen LogP contribution < -0.4 is 5.32 Å². The quantitative estimate of drug-likeness (QED) is 0.277. The Hall–Kier alpha value is -2.75. The maximum Gasteiger partial charge on any atom is 0.221 e. The molecule has 2 N–H and O–H groups in total. The summed E-state index contributed by atoms with van der Waals surface area (Å²) >= 11 is 3.41. The Labute approximate surface area is 218 Å². The predicted octanol–water partition coefficient (Wildman–Crippen LogP) is 6.33. The van der Waals surface area contributed by atoms with Crippen LogP contribution in [0.25, 0.3) is 10.2 Å². The topological polar surface area (TPSA) is 80.7 Å². The molecule has 4 aromatic rings. The van der Waals surface area contributed by atoms with E-state index in [1.807, 2.05) is 66.7 Å². The lowest BCUT2D eigenvalue weighted by atomic mass is 9.91. The van der Waals surface area contributed by atoms with Gasteiger partial charge in [-0.2, -0.15) is 0 Å². The Morgan fingerprint density at radius 2 is 1.75 bits per heavy atom. The second-order valence-corrected chi connectivity index (χ2v) is 11.2. The summed E-state index contributed by atoms with van der Waals surface area (Å²) in [6.45, 7) is 3.66. The third kappa shape index (κ3) is 5.63. The minimum atomic E-state index is -0.545. The summed E-state index contributed by atoms with van der Waals surface area (Å²) in [6, 6.07) is 23.7. The number of nitrogens with zero attached hydrogens (tertiary/aromatic N) is 1. The molecule has 0 spiro atoms. The molecular weight excluding hydrogens is 492 g/mol. The van der Waals surface area contributed by atoms with Gasteiger partial charge in [0.2, 0.25) is 5.91 Å². The number of aliphatic hydroxyl groups is 1. The van der Waals surface area contributed by atoms with Crippen molar-refractivity contribution in [1.29, 1.82) is 0 Å². The molecule has 2 heterocycles. The summed E-state index contributed by atoms with van der Waals surface area (Å²) in [5.74, 6) is 0.734. The van der Waals surface area contributed by atoms with Crippen molar-refractivity contribution in [2.75, 3.05) is 11.1 Å². The van der Waals surface area contributed by atoms with Gasteiger partial charge in [-0.3, -0.25) is 4.79 Å². The lowest BCUT2D eigenvalue weighted by molar-refractivity contribution is -0.268. The predicted molar refractivity (Wildman–Crippen MR) is 144 cm³/mol. The van der Waals surface area contributed by atoms with Crippen LogP contribution in [-0.2, 0) is 20.9 Å². The number of amides is 1. The van der Waals surface area contributed by atoms with E-state index in [4.69, 9.17) is 14.5 Å². The minimum Gasteiger partial charge on any atom is -0.392 e. The van der Waals surface area contributed by atoms with Crippen molar-refractivity contribution in [3.05, 3.63) is 89.5 Å². The number of anilines is 1. The highest BCUT2D eigenvalue weighted by atomic mass is 32.2. The molecule has 4 atom stereocenters. The normalized spacial score (nSPS) is 22.0. The second-order valence-electron chi connectivity index (χ2n) is 8.88. The number of para-hydroxylation sites is 1. The zero-order valence-corrected chi connectivity index (χ0v) is 21.7. The van der Waals surface area contributed by atoms with Crippen molar-refractivity contribution in [2.45, 2.75) is 43.3 Å². The lowest BCUT2D eigenvalue weighted by Crippen LogP contribution is -2.38. The zero-order chi connectivity index (χ0) is 25.1. The molecule has 1 aliphatic heterocycles. The van der Waals surface area contributed by atoms with Gasteiger partial charge in [-0.1, -0.05) is 67.2 Å². The summed E-state index contributed by atoms with van der Waals surface area (Å²) in [5, 5.41) is 12.2. The fraction of sp³-hybridized carbons (Fsp3) is 0.286. The molecule has 186 valence electrons. The van der Waals surface area contributed by atoms with Crippen LogP contribution in [0.5, 0.6) is 0 Å². The fourth-order valence-electron chi connectivity index (χ4n) is 4.30. The zero-order valence-electron chi connectivity index (χ0n) is 20.1. The van der Waals surface area contributed by atoms with E-state index < -0.39 is 6.29 Å². The first-order valence-electron chi connectivity index (χ1n) is 11.9. The van der Waals surface area contributed by atoms with Crippen molar-refractivity contribution in [1.82, 2.24) is 4.98 Å². The monoisotopic (exact) mass is 520 g/mol. The average Bonchev–Trinajstić information content (AvgIpc) is 3.31. The number of hydrogen-bond acceptors (Lipinski definition) is 7. The van der Waals surface area contributed by atoms with Gasteiger partial charge in [-0.15, -0.1) is 11.3 Å². The number of thiazole rings is 1. The van der Waals surface area contributed by atoms with Gasteiger partial charge < -0.3 is 19.9 Å². The fourth-order valence-corrected chi connectivity index (χ4v) is 6.56. The van der Waals surface area contributed by atoms with Gasteiger partial charge in [0.25, 0.3) is 0 Å². The summed E-state index contributed by atoms with van der Waals surface area (Å²) in [5.41, 5.74) is 4.56. The molecule has 6 nitrogen and oxygen atoms in total. The molecule has 1 saturated heterocycles. The molecule has 8 heteroatoms. The minimum absolute atomic E-state index is 0.00910. The molecule has 3 aromatic carbocycles. The van der Waals surface area contributed by atoms with Gasteiger partial charge in [0.15, 0.2) is 10.6 Å². The summed E-state index contributed by atoms with van der Waals surface area (Å²) in [6.07, 6.45) is -0.790.